The van der Waals surface area contributed by atoms with Crippen molar-refractivity contribution < 1.29 is 9.18 Å². The SMILES string of the molecule is NC1CCN(c2ccccc2C(=O)NCc2cccc(F)c2)CC1. The summed E-state index contributed by atoms with van der Waals surface area (Å²) in [6.07, 6.45) is 1.86. The van der Waals surface area contributed by atoms with Crippen molar-refractivity contribution >= 4 is 11.6 Å². The number of carbonyl (C=O) groups excluding carboxylic acids is 1. The van der Waals surface area contributed by atoms with Crippen molar-refractivity contribution in [1.82, 2.24) is 5.32 Å². The van der Waals surface area contributed by atoms with Crippen LogP contribution in [0.5, 0.6) is 0 Å². The molecule has 0 aromatic heterocycles. The second kappa shape index (κ2) is 7.45. The van der Waals surface area contributed by atoms with Gasteiger partial charge in [0, 0.05) is 31.4 Å². The fourth-order valence-corrected chi connectivity index (χ4v) is 3.01. The molecule has 4 nitrogen and oxygen atoms in total. The van der Waals surface area contributed by atoms with Crippen LogP contribution in [0.25, 0.3) is 0 Å². The summed E-state index contributed by atoms with van der Waals surface area (Å²) < 4.78 is 13.2. The van der Waals surface area contributed by atoms with Crippen LogP contribution in [-0.4, -0.2) is 25.0 Å². The van der Waals surface area contributed by atoms with Gasteiger partial charge in [-0.2, -0.15) is 0 Å². The van der Waals surface area contributed by atoms with Crippen molar-refractivity contribution in [3.63, 3.8) is 0 Å². The van der Waals surface area contributed by atoms with Crippen molar-refractivity contribution in [2.45, 2.75) is 25.4 Å². The van der Waals surface area contributed by atoms with Crippen LogP contribution >= 0.6 is 0 Å². The van der Waals surface area contributed by atoms with Gasteiger partial charge in [-0.3, -0.25) is 4.79 Å². The zero-order valence-corrected chi connectivity index (χ0v) is 13.5. The lowest BCUT2D eigenvalue weighted by atomic mass is 10.0. The van der Waals surface area contributed by atoms with E-state index in [9.17, 15) is 9.18 Å². The molecule has 0 spiro atoms. The molecule has 1 amide bonds. The Morgan fingerprint density at radius 3 is 2.67 bits per heavy atom. The molecule has 1 aliphatic rings. The number of nitrogens with zero attached hydrogens (tertiary/aromatic N) is 1. The van der Waals surface area contributed by atoms with Gasteiger partial charge in [0.25, 0.3) is 5.91 Å². The number of amides is 1. The first-order valence-electron chi connectivity index (χ1n) is 8.25. The minimum absolute atomic E-state index is 0.148. The van der Waals surface area contributed by atoms with Gasteiger partial charge in [0.15, 0.2) is 0 Å². The van der Waals surface area contributed by atoms with Gasteiger partial charge in [-0.25, -0.2) is 4.39 Å². The molecule has 1 aliphatic heterocycles. The normalized spacial score (nSPS) is 15.3. The third-order valence-corrected chi connectivity index (χ3v) is 4.37. The molecule has 3 rings (SSSR count). The Morgan fingerprint density at radius 2 is 1.92 bits per heavy atom. The number of nitrogens with two attached hydrogens (primary N) is 1. The maximum absolute atomic E-state index is 13.2. The first-order chi connectivity index (χ1) is 11.6. The Kier molecular flexibility index (Phi) is 5.11. The van der Waals surface area contributed by atoms with Gasteiger partial charge in [0.2, 0.25) is 0 Å². The number of para-hydroxylation sites is 1. The molecule has 3 N–H and O–H groups in total. The molecule has 24 heavy (non-hydrogen) atoms. The van der Waals surface area contributed by atoms with Crippen molar-refractivity contribution in [2.24, 2.45) is 5.73 Å². The summed E-state index contributed by atoms with van der Waals surface area (Å²) in [4.78, 5) is 14.8. The Balaban J connectivity index is 1.70. The molecule has 2 aromatic carbocycles. The molecular formula is C19H22FN3O. The predicted octanol–water partition coefficient (Wildman–Crippen LogP) is 2.68. The number of hydrogen-bond donors (Lipinski definition) is 2. The molecule has 0 saturated carbocycles. The number of halogens is 1. The zero-order chi connectivity index (χ0) is 16.9. The van der Waals surface area contributed by atoms with Gasteiger partial charge in [-0.05, 0) is 42.7 Å². The summed E-state index contributed by atoms with van der Waals surface area (Å²) in [5.74, 6) is -0.448. The van der Waals surface area contributed by atoms with E-state index < -0.39 is 0 Å². The molecule has 0 atom stereocenters. The van der Waals surface area contributed by atoms with Gasteiger partial charge in [0.05, 0.1) is 5.56 Å². The zero-order valence-electron chi connectivity index (χ0n) is 13.5. The lowest BCUT2D eigenvalue weighted by Crippen LogP contribution is -2.40. The maximum atomic E-state index is 13.2. The highest BCUT2D eigenvalue weighted by Crippen LogP contribution is 2.24. The largest absolute Gasteiger partial charge is 0.371 e. The lowest BCUT2D eigenvalue weighted by molar-refractivity contribution is 0.0951. The number of piperidine rings is 1. The van der Waals surface area contributed by atoms with Crippen molar-refractivity contribution in [3.05, 3.63) is 65.5 Å². The topological polar surface area (TPSA) is 58.4 Å². The molecule has 1 saturated heterocycles. The summed E-state index contributed by atoms with van der Waals surface area (Å²) in [6, 6.07) is 14.1. The van der Waals surface area contributed by atoms with E-state index in [2.05, 4.69) is 10.2 Å². The van der Waals surface area contributed by atoms with Crippen molar-refractivity contribution in [2.75, 3.05) is 18.0 Å². The van der Waals surface area contributed by atoms with E-state index in [1.807, 2.05) is 24.3 Å². The summed E-state index contributed by atoms with van der Waals surface area (Å²) in [7, 11) is 0. The minimum Gasteiger partial charge on any atom is -0.371 e. The van der Waals surface area contributed by atoms with Crippen LogP contribution in [0.15, 0.2) is 48.5 Å². The van der Waals surface area contributed by atoms with E-state index >= 15 is 0 Å². The standard InChI is InChI=1S/C19H22FN3O/c20-15-5-3-4-14(12-15)13-22-19(24)17-6-1-2-7-18(17)23-10-8-16(21)9-11-23/h1-7,12,16H,8-11,13,21H2,(H,22,24). The number of rotatable bonds is 4. The Bertz CT molecular complexity index is 711. The van der Waals surface area contributed by atoms with Crippen LogP contribution in [0.3, 0.4) is 0 Å². The van der Waals surface area contributed by atoms with Crippen molar-refractivity contribution in [3.8, 4) is 0 Å². The third-order valence-electron chi connectivity index (χ3n) is 4.37. The number of anilines is 1. The molecule has 1 fully saturated rings. The highest BCUT2D eigenvalue weighted by Gasteiger charge is 2.20. The number of nitrogens with one attached hydrogen (secondary N) is 1. The van der Waals surface area contributed by atoms with Crippen LogP contribution in [0.1, 0.15) is 28.8 Å². The highest BCUT2D eigenvalue weighted by molar-refractivity contribution is 5.99. The van der Waals surface area contributed by atoms with Gasteiger partial charge < -0.3 is 16.0 Å². The molecule has 0 aliphatic carbocycles. The van der Waals surface area contributed by atoms with E-state index in [0.29, 0.717) is 12.1 Å². The van der Waals surface area contributed by atoms with Crippen LogP contribution in [-0.2, 0) is 6.54 Å². The maximum Gasteiger partial charge on any atom is 0.253 e. The average Bonchev–Trinajstić information content (AvgIpc) is 2.60. The second-order valence-electron chi connectivity index (χ2n) is 6.15. The fraction of sp³-hybridized carbons (Fsp3) is 0.316. The summed E-state index contributed by atoms with van der Waals surface area (Å²) in [5.41, 5.74) is 8.28. The molecule has 0 unspecified atom stereocenters. The summed E-state index contributed by atoms with van der Waals surface area (Å²) in [5, 5.41) is 2.87. The first-order valence-corrected chi connectivity index (χ1v) is 8.25. The molecular weight excluding hydrogens is 305 g/mol. The van der Waals surface area contributed by atoms with Gasteiger partial charge >= 0.3 is 0 Å². The van der Waals surface area contributed by atoms with Crippen LogP contribution in [0.4, 0.5) is 10.1 Å². The molecule has 126 valence electrons. The van der Waals surface area contributed by atoms with Gasteiger partial charge in [-0.1, -0.05) is 24.3 Å². The van der Waals surface area contributed by atoms with Gasteiger partial charge in [-0.15, -0.1) is 0 Å². The lowest BCUT2D eigenvalue weighted by Gasteiger charge is -2.33. The second-order valence-corrected chi connectivity index (χ2v) is 6.15. The average molecular weight is 327 g/mol. The molecule has 2 aromatic rings. The van der Waals surface area contributed by atoms with E-state index in [0.717, 1.165) is 37.2 Å². The van der Waals surface area contributed by atoms with E-state index in [-0.39, 0.29) is 17.8 Å². The molecule has 5 heteroatoms. The number of carbonyl (C=O) groups is 1. The van der Waals surface area contributed by atoms with E-state index in [4.69, 9.17) is 5.73 Å². The highest BCUT2D eigenvalue weighted by atomic mass is 19.1. The third kappa shape index (κ3) is 3.92. The predicted molar refractivity (Wildman–Crippen MR) is 93.4 cm³/mol. The summed E-state index contributed by atoms with van der Waals surface area (Å²) >= 11 is 0. The van der Waals surface area contributed by atoms with Crippen LogP contribution in [0, 0.1) is 5.82 Å². The van der Waals surface area contributed by atoms with Gasteiger partial charge in [0.1, 0.15) is 5.82 Å². The smallest absolute Gasteiger partial charge is 0.253 e. The monoisotopic (exact) mass is 327 g/mol. The number of hydrogen-bond acceptors (Lipinski definition) is 3. The van der Waals surface area contributed by atoms with E-state index in [1.54, 1.807) is 12.1 Å². The van der Waals surface area contributed by atoms with Crippen molar-refractivity contribution in [1.29, 1.82) is 0 Å². The molecule has 0 radical (unpaired) electrons. The first kappa shape index (κ1) is 16.5. The molecule has 0 bridgehead atoms. The number of benzene rings is 2. The summed E-state index contributed by atoms with van der Waals surface area (Å²) in [6.45, 7) is 2.01. The Labute approximate surface area is 141 Å². The van der Waals surface area contributed by atoms with E-state index in [1.165, 1.54) is 12.1 Å². The fourth-order valence-electron chi connectivity index (χ4n) is 3.01. The Hall–Kier alpha value is -2.40. The Morgan fingerprint density at radius 1 is 1.17 bits per heavy atom. The van der Waals surface area contributed by atoms with Crippen LogP contribution in [0.2, 0.25) is 0 Å². The van der Waals surface area contributed by atoms with Crippen LogP contribution < -0.4 is 16.0 Å². The minimum atomic E-state index is -0.299. The molecule has 1 heterocycles. The quantitative estimate of drug-likeness (QED) is 0.908.